The van der Waals surface area contributed by atoms with Crippen LogP contribution in [0.2, 0.25) is 0 Å². The van der Waals surface area contributed by atoms with E-state index in [4.69, 9.17) is 4.74 Å². The average molecular weight is 256 g/mol. The van der Waals surface area contributed by atoms with E-state index in [1.165, 1.54) is 0 Å². The second-order valence-corrected chi connectivity index (χ2v) is 4.54. The largest absolute Gasteiger partial charge is 0.507 e. The van der Waals surface area contributed by atoms with Gasteiger partial charge >= 0.3 is 0 Å². The van der Waals surface area contributed by atoms with E-state index in [0.717, 1.165) is 29.4 Å². The number of phenols is 1. The van der Waals surface area contributed by atoms with Crippen LogP contribution in [0.3, 0.4) is 0 Å². The van der Waals surface area contributed by atoms with Gasteiger partial charge in [-0.1, -0.05) is 30.3 Å². The van der Waals surface area contributed by atoms with Gasteiger partial charge in [-0.25, -0.2) is 0 Å². The average Bonchev–Trinajstić information content (AvgIpc) is 2.48. The molecule has 1 aliphatic rings. The number of benzene rings is 2. The van der Waals surface area contributed by atoms with Crippen LogP contribution in [0.4, 0.5) is 0 Å². The fourth-order valence-electron chi connectivity index (χ4n) is 2.19. The Hall–Kier alpha value is -2.07. The Bertz CT molecular complexity index is 604. The third-order valence-electron chi connectivity index (χ3n) is 3.28. The molecule has 1 fully saturated rings. The zero-order chi connectivity index (χ0) is 13.1. The van der Waals surface area contributed by atoms with Gasteiger partial charge in [0.15, 0.2) is 0 Å². The summed E-state index contributed by atoms with van der Waals surface area (Å²) < 4.78 is 5.27. The van der Waals surface area contributed by atoms with Gasteiger partial charge in [-0.05, 0) is 11.5 Å². The predicted molar refractivity (Wildman–Crippen MR) is 75.6 cm³/mol. The van der Waals surface area contributed by atoms with Gasteiger partial charge in [-0.15, -0.1) is 0 Å². The fraction of sp³-hybridized carbons (Fsp3) is 0.267. The molecule has 2 aromatic carbocycles. The third kappa shape index (κ3) is 2.53. The highest BCUT2D eigenvalue weighted by molar-refractivity contribution is 5.96. The summed E-state index contributed by atoms with van der Waals surface area (Å²) in [6.07, 6.45) is 1.72. The molecule has 0 aromatic heterocycles. The number of ether oxygens (including phenoxy) is 1. The number of morpholine rings is 1. The molecule has 0 saturated carbocycles. The number of hydrazone groups is 1. The molecule has 0 unspecified atom stereocenters. The van der Waals surface area contributed by atoms with Gasteiger partial charge in [-0.2, -0.15) is 5.10 Å². The summed E-state index contributed by atoms with van der Waals surface area (Å²) in [4.78, 5) is 0. The Kier molecular flexibility index (Phi) is 3.33. The van der Waals surface area contributed by atoms with Crippen LogP contribution in [0.5, 0.6) is 5.75 Å². The summed E-state index contributed by atoms with van der Waals surface area (Å²) in [5, 5.41) is 18.5. The molecule has 0 spiro atoms. The first kappa shape index (κ1) is 12.0. The molecular formula is C15H16N2O2. The molecule has 3 rings (SSSR count). The summed E-state index contributed by atoms with van der Waals surface area (Å²) in [6, 6.07) is 11.7. The summed E-state index contributed by atoms with van der Waals surface area (Å²) >= 11 is 0. The van der Waals surface area contributed by atoms with Crippen molar-refractivity contribution in [2.24, 2.45) is 5.10 Å². The van der Waals surface area contributed by atoms with Crippen LogP contribution in [0.1, 0.15) is 5.56 Å². The van der Waals surface area contributed by atoms with Crippen molar-refractivity contribution < 1.29 is 9.84 Å². The van der Waals surface area contributed by atoms with E-state index >= 15 is 0 Å². The third-order valence-corrected chi connectivity index (χ3v) is 3.28. The number of rotatable bonds is 2. The molecule has 0 radical (unpaired) electrons. The number of fused-ring (bicyclic) bond motifs is 1. The lowest BCUT2D eigenvalue weighted by molar-refractivity contribution is 0.0397. The normalized spacial score (nSPS) is 16.3. The number of hydrogen-bond donors (Lipinski definition) is 1. The lowest BCUT2D eigenvalue weighted by atomic mass is 10.1. The van der Waals surface area contributed by atoms with Crippen LogP contribution in [0.25, 0.3) is 10.8 Å². The molecule has 98 valence electrons. The Morgan fingerprint density at radius 2 is 1.89 bits per heavy atom. The lowest BCUT2D eigenvalue weighted by Crippen LogP contribution is -2.32. The maximum Gasteiger partial charge on any atom is 0.132 e. The summed E-state index contributed by atoms with van der Waals surface area (Å²) in [5.41, 5.74) is 0.741. The highest BCUT2D eigenvalue weighted by atomic mass is 16.5. The Labute approximate surface area is 111 Å². The first-order valence-electron chi connectivity index (χ1n) is 6.42. The Morgan fingerprint density at radius 3 is 2.74 bits per heavy atom. The number of phenolic OH excluding ortho intramolecular Hbond substituents is 1. The minimum absolute atomic E-state index is 0.287. The minimum atomic E-state index is 0.287. The maximum atomic E-state index is 10.2. The van der Waals surface area contributed by atoms with Crippen molar-refractivity contribution in [3.05, 3.63) is 42.0 Å². The van der Waals surface area contributed by atoms with Crippen molar-refractivity contribution in [2.45, 2.75) is 0 Å². The monoisotopic (exact) mass is 256 g/mol. The van der Waals surface area contributed by atoms with E-state index < -0.39 is 0 Å². The predicted octanol–water partition coefficient (Wildman–Crippen LogP) is 2.21. The van der Waals surface area contributed by atoms with E-state index in [1.807, 2.05) is 41.4 Å². The molecule has 1 aliphatic heterocycles. The number of aromatic hydroxyl groups is 1. The van der Waals surface area contributed by atoms with Crippen molar-refractivity contribution in [2.75, 3.05) is 26.3 Å². The highest BCUT2D eigenvalue weighted by Crippen LogP contribution is 2.27. The second kappa shape index (κ2) is 5.28. The molecular weight excluding hydrogens is 240 g/mol. The van der Waals surface area contributed by atoms with Crippen LogP contribution < -0.4 is 0 Å². The first-order valence-corrected chi connectivity index (χ1v) is 6.42. The number of nitrogens with zero attached hydrogens (tertiary/aromatic N) is 2. The van der Waals surface area contributed by atoms with E-state index in [0.29, 0.717) is 13.2 Å². The molecule has 0 bridgehead atoms. The van der Waals surface area contributed by atoms with E-state index in [2.05, 4.69) is 5.10 Å². The smallest absolute Gasteiger partial charge is 0.132 e. The molecule has 19 heavy (non-hydrogen) atoms. The topological polar surface area (TPSA) is 45.1 Å². The molecule has 0 atom stereocenters. The van der Waals surface area contributed by atoms with Gasteiger partial charge in [0.05, 0.1) is 32.5 Å². The first-order chi connectivity index (χ1) is 9.34. The molecule has 0 aliphatic carbocycles. The van der Waals surface area contributed by atoms with Gasteiger partial charge in [0.25, 0.3) is 0 Å². The Balaban J connectivity index is 1.88. The van der Waals surface area contributed by atoms with E-state index in [-0.39, 0.29) is 5.75 Å². The zero-order valence-corrected chi connectivity index (χ0v) is 10.6. The van der Waals surface area contributed by atoms with E-state index in [9.17, 15) is 5.11 Å². The van der Waals surface area contributed by atoms with Crippen LogP contribution in [-0.4, -0.2) is 42.6 Å². The van der Waals surface area contributed by atoms with Gasteiger partial charge in [-0.3, -0.25) is 5.01 Å². The SMILES string of the molecule is Oc1c(/C=N/N2CCOCC2)ccc2ccccc12. The molecule has 0 amide bonds. The summed E-state index contributed by atoms with van der Waals surface area (Å²) in [5.74, 6) is 0.287. The van der Waals surface area contributed by atoms with Crippen molar-refractivity contribution in [1.82, 2.24) is 5.01 Å². The van der Waals surface area contributed by atoms with Gasteiger partial charge in [0.1, 0.15) is 5.75 Å². The second-order valence-electron chi connectivity index (χ2n) is 4.54. The maximum absolute atomic E-state index is 10.2. The number of hydrogen-bond acceptors (Lipinski definition) is 4. The van der Waals surface area contributed by atoms with Crippen LogP contribution >= 0.6 is 0 Å². The molecule has 1 N–H and O–H groups in total. The summed E-state index contributed by atoms with van der Waals surface area (Å²) in [6.45, 7) is 3.01. The quantitative estimate of drug-likeness (QED) is 0.838. The van der Waals surface area contributed by atoms with Crippen molar-refractivity contribution in [3.63, 3.8) is 0 Å². The zero-order valence-electron chi connectivity index (χ0n) is 10.6. The van der Waals surface area contributed by atoms with Crippen LogP contribution in [-0.2, 0) is 4.74 Å². The fourth-order valence-corrected chi connectivity index (χ4v) is 2.19. The van der Waals surface area contributed by atoms with Crippen LogP contribution in [0.15, 0.2) is 41.5 Å². The summed E-state index contributed by atoms with van der Waals surface area (Å²) in [7, 11) is 0. The van der Waals surface area contributed by atoms with Crippen molar-refractivity contribution >= 4 is 17.0 Å². The molecule has 4 nitrogen and oxygen atoms in total. The van der Waals surface area contributed by atoms with Crippen molar-refractivity contribution in [3.8, 4) is 5.75 Å². The Morgan fingerprint density at radius 1 is 1.11 bits per heavy atom. The molecule has 4 heteroatoms. The van der Waals surface area contributed by atoms with Gasteiger partial charge in [0.2, 0.25) is 0 Å². The van der Waals surface area contributed by atoms with Gasteiger partial charge in [0, 0.05) is 10.9 Å². The molecule has 2 aromatic rings. The van der Waals surface area contributed by atoms with Crippen LogP contribution in [0, 0.1) is 0 Å². The van der Waals surface area contributed by atoms with E-state index in [1.54, 1.807) is 6.21 Å². The lowest BCUT2D eigenvalue weighted by Gasteiger charge is -2.23. The molecule has 1 heterocycles. The molecule has 1 saturated heterocycles. The minimum Gasteiger partial charge on any atom is -0.507 e. The van der Waals surface area contributed by atoms with Gasteiger partial charge < -0.3 is 9.84 Å². The standard InChI is InChI=1S/C15H16N2O2/c18-15-13(11-16-17-7-9-19-10-8-17)6-5-12-3-1-2-4-14(12)15/h1-6,11,18H,7-10H2/b16-11+. The van der Waals surface area contributed by atoms with Crippen molar-refractivity contribution in [1.29, 1.82) is 0 Å². The highest BCUT2D eigenvalue weighted by Gasteiger charge is 2.08.